The van der Waals surface area contributed by atoms with Crippen LogP contribution in [0.4, 0.5) is 4.79 Å². The third kappa shape index (κ3) is 4.46. The molecule has 0 aliphatic rings. The van der Waals surface area contributed by atoms with E-state index in [2.05, 4.69) is 5.32 Å². The monoisotopic (exact) mass is 294 g/mol. The molecule has 2 rings (SSSR count). The number of ketones is 1. The second kappa shape index (κ2) is 7.60. The normalized spacial score (nSPS) is 9.59. The predicted molar refractivity (Wildman–Crippen MR) is 80.1 cm³/mol. The topological polar surface area (TPSA) is 79.2 Å². The molecule has 0 aliphatic carbocycles. The standard InChI is InChI=1S/C17H14N2O3/c18-10-13-6-8-15(9-7-13)16(20)11-19-17(21)22-12-14-4-2-1-3-5-14/h1-9H,11-12H2,(H,19,21). The summed E-state index contributed by atoms with van der Waals surface area (Å²) in [4.78, 5) is 23.4. The van der Waals surface area contributed by atoms with Gasteiger partial charge in [0.25, 0.3) is 0 Å². The van der Waals surface area contributed by atoms with E-state index in [1.807, 2.05) is 36.4 Å². The van der Waals surface area contributed by atoms with Crippen LogP contribution in [0.25, 0.3) is 0 Å². The van der Waals surface area contributed by atoms with E-state index in [4.69, 9.17) is 10.00 Å². The number of hydrogen-bond acceptors (Lipinski definition) is 4. The number of benzene rings is 2. The predicted octanol–water partition coefficient (Wildman–Crippen LogP) is 2.67. The molecule has 1 amide bonds. The van der Waals surface area contributed by atoms with Gasteiger partial charge >= 0.3 is 6.09 Å². The molecule has 2 aromatic rings. The lowest BCUT2D eigenvalue weighted by atomic mass is 10.1. The van der Waals surface area contributed by atoms with Gasteiger partial charge in [0.1, 0.15) is 6.61 Å². The van der Waals surface area contributed by atoms with E-state index in [9.17, 15) is 9.59 Å². The van der Waals surface area contributed by atoms with Crippen molar-refractivity contribution in [1.82, 2.24) is 5.32 Å². The maximum Gasteiger partial charge on any atom is 0.407 e. The molecule has 22 heavy (non-hydrogen) atoms. The van der Waals surface area contributed by atoms with Crippen molar-refractivity contribution in [2.45, 2.75) is 6.61 Å². The van der Waals surface area contributed by atoms with Crippen molar-refractivity contribution < 1.29 is 14.3 Å². The zero-order chi connectivity index (χ0) is 15.8. The number of nitrogens with zero attached hydrogens (tertiary/aromatic N) is 1. The average molecular weight is 294 g/mol. The van der Waals surface area contributed by atoms with Gasteiger partial charge in [-0.1, -0.05) is 42.5 Å². The van der Waals surface area contributed by atoms with Gasteiger partial charge in [-0.15, -0.1) is 0 Å². The number of ether oxygens (including phenoxy) is 1. The van der Waals surface area contributed by atoms with E-state index in [1.54, 1.807) is 24.3 Å². The molecule has 0 atom stereocenters. The molecule has 0 spiro atoms. The summed E-state index contributed by atoms with van der Waals surface area (Å²) in [7, 11) is 0. The Labute approximate surface area is 128 Å². The molecule has 0 unspecified atom stereocenters. The molecule has 2 aromatic carbocycles. The third-order valence-corrected chi connectivity index (χ3v) is 2.94. The molecule has 0 saturated heterocycles. The van der Waals surface area contributed by atoms with Crippen LogP contribution in [0.3, 0.4) is 0 Å². The molecule has 0 heterocycles. The highest BCUT2D eigenvalue weighted by molar-refractivity contribution is 5.98. The maximum atomic E-state index is 11.9. The number of rotatable bonds is 5. The molecule has 0 aromatic heterocycles. The zero-order valence-corrected chi connectivity index (χ0v) is 11.8. The van der Waals surface area contributed by atoms with E-state index in [0.29, 0.717) is 11.1 Å². The molecular weight excluding hydrogens is 280 g/mol. The number of carbonyl (C=O) groups is 2. The van der Waals surface area contributed by atoms with E-state index in [1.165, 1.54) is 0 Å². The van der Waals surface area contributed by atoms with Crippen molar-refractivity contribution in [3.63, 3.8) is 0 Å². The van der Waals surface area contributed by atoms with E-state index in [0.717, 1.165) is 5.56 Å². The van der Waals surface area contributed by atoms with Crippen molar-refractivity contribution >= 4 is 11.9 Å². The maximum absolute atomic E-state index is 11.9. The molecule has 0 radical (unpaired) electrons. The van der Waals surface area contributed by atoms with Gasteiger partial charge in [0.2, 0.25) is 0 Å². The summed E-state index contributed by atoms with van der Waals surface area (Å²) < 4.78 is 5.01. The number of nitrogens with one attached hydrogen (secondary N) is 1. The fraction of sp³-hybridized carbons (Fsp3) is 0.118. The summed E-state index contributed by atoms with van der Waals surface area (Å²) in [5.41, 5.74) is 1.78. The van der Waals surface area contributed by atoms with Crippen molar-refractivity contribution in [3.05, 3.63) is 71.3 Å². The van der Waals surface area contributed by atoms with E-state index < -0.39 is 6.09 Å². The molecular formula is C17H14N2O3. The second-order valence-corrected chi connectivity index (χ2v) is 4.53. The summed E-state index contributed by atoms with van der Waals surface area (Å²) in [5, 5.41) is 11.1. The molecule has 5 heteroatoms. The summed E-state index contributed by atoms with van der Waals surface area (Å²) >= 11 is 0. The Morgan fingerprint density at radius 3 is 2.36 bits per heavy atom. The average Bonchev–Trinajstić information content (AvgIpc) is 2.58. The lowest BCUT2D eigenvalue weighted by Crippen LogP contribution is -2.30. The van der Waals surface area contributed by atoms with E-state index >= 15 is 0 Å². The summed E-state index contributed by atoms with van der Waals surface area (Å²) in [6, 6.07) is 17.5. The van der Waals surface area contributed by atoms with Gasteiger partial charge in [0.15, 0.2) is 5.78 Å². The Morgan fingerprint density at radius 1 is 1.05 bits per heavy atom. The summed E-state index contributed by atoms with van der Waals surface area (Å²) in [5.74, 6) is -0.249. The second-order valence-electron chi connectivity index (χ2n) is 4.53. The van der Waals surface area contributed by atoms with Gasteiger partial charge in [0.05, 0.1) is 18.2 Å². The van der Waals surface area contributed by atoms with Crippen LogP contribution in [0.2, 0.25) is 0 Å². The van der Waals surface area contributed by atoms with Crippen LogP contribution in [0.1, 0.15) is 21.5 Å². The van der Waals surface area contributed by atoms with Crippen molar-refractivity contribution in [3.8, 4) is 6.07 Å². The zero-order valence-electron chi connectivity index (χ0n) is 11.8. The molecule has 0 saturated carbocycles. The smallest absolute Gasteiger partial charge is 0.407 e. The van der Waals surface area contributed by atoms with Gasteiger partial charge in [-0.3, -0.25) is 4.79 Å². The quantitative estimate of drug-likeness (QED) is 0.860. The third-order valence-electron chi connectivity index (χ3n) is 2.94. The lowest BCUT2D eigenvalue weighted by molar-refractivity contribution is 0.0974. The minimum atomic E-state index is -0.647. The number of hydrogen-bond donors (Lipinski definition) is 1. The number of carbonyl (C=O) groups excluding carboxylic acids is 2. The summed E-state index contributed by atoms with van der Waals surface area (Å²) in [6.07, 6.45) is -0.647. The minimum absolute atomic E-state index is 0.151. The Hall–Kier alpha value is -3.13. The number of Topliss-reactive ketones (excluding diaryl/α,β-unsaturated/α-hetero) is 1. The van der Waals surface area contributed by atoms with Gasteiger partial charge in [-0.05, 0) is 17.7 Å². The van der Waals surface area contributed by atoms with Crippen molar-refractivity contribution in [1.29, 1.82) is 5.26 Å². The molecule has 0 fully saturated rings. The van der Waals surface area contributed by atoms with Crippen molar-refractivity contribution in [2.24, 2.45) is 0 Å². The Bertz CT molecular complexity index is 688. The molecule has 1 N–H and O–H groups in total. The van der Waals surface area contributed by atoms with Gasteiger partial charge in [0, 0.05) is 5.56 Å². The largest absolute Gasteiger partial charge is 0.445 e. The van der Waals surface area contributed by atoms with Crippen molar-refractivity contribution in [2.75, 3.05) is 6.54 Å². The van der Waals surface area contributed by atoms with Crippen LogP contribution in [-0.4, -0.2) is 18.4 Å². The highest BCUT2D eigenvalue weighted by Crippen LogP contribution is 2.04. The number of nitriles is 1. The van der Waals surface area contributed by atoms with Crippen LogP contribution in [-0.2, 0) is 11.3 Å². The first-order chi connectivity index (χ1) is 10.7. The van der Waals surface area contributed by atoms with Crippen LogP contribution in [0, 0.1) is 11.3 Å². The van der Waals surface area contributed by atoms with Crippen LogP contribution in [0.5, 0.6) is 0 Å². The van der Waals surface area contributed by atoms with Crippen LogP contribution in [0.15, 0.2) is 54.6 Å². The Balaban J connectivity index is 1.78. The fourth-order valence-electron chi connectivity index (χ4n) is 1.76. The van der Waals surface area contributed by atoms with E-state index in [-0.39, 0.29) is 18.9 Å². The number of amides is 1. The highest BCUT2D eigenvalue weighted by atomic mass is 16.5. The SMILES string of the molecule is N#Cc1ccc(C(=O)CNC(=O)OCc2ccccc2)cc1. The van der Waals surface area contributed by atoms with Gasteiger partial charge in [-0.2, -0.15) is 5.26 Å². The number of alkyl carbamates (subject to hydrolysis) is 1. The molecule has 0 aliphatic heterocycles. The molecule has 110 valence electrons. The van der Waals surface area contributed by atoms with Crippen LogP contribution < -0.4 is 5.32 Å². The van der Waals surface area contributed by atoms with Crippen LogP contribution >= 0.6 is 0 Å². The fourth-order valence-corrected chi connectivity index (χ4v) is 1.76. The highest BCUT2D eigenvalue weighted by Gasteiger charge is 2.09. The Kier molecular flexibility index (Phi) is 5.27. The molecule has 0 bridgehead atoms. The first-order valence-corrected chi connectivity index (χ1v) is 6.67. The summed E-state index contributed by atoms with van der Waals surface area (Å²) in [6.45, 7) is -0.00272. The van der Waals surface area contributed by atoms with Gasteiger partial charge in [-0.25, -0.2) is 4.79 Å². The first kappa shape index (κ1) is 15.3. The lowest BCUT2D eigenvalue weighted by Gasteiger charge is -2.06. The first-order valence-electron chi connectivity index (χ1n) is 6.67. The minimum Gasteiger partial charge on any atom is -0.445 e. The molecule has 5 nitrogen and oxygen atoms in total. The van der Waals surface area contributed by atoms with Gasteiger partial charge < -0.3 is 10.1 Å². The Morgan fingerprint density at radius 2 is 1.73 bits per heavy atom.